The third kappa shape index (κ3) is 6.04. The molecule has 0 spiro atoms. The van der Waals surface area contributed by atoms with Crippen LogP contribution in [0.2, 0.25) is 0 Å². The Balaban J connectivity index is 0.00000272. The van der Waals surface area contributed by atoms with Gasteiger partial charge in [0, 0.05) is 30.2 Å². The van der Waals surface area contributed by atoms with Gasteiger partial charge in [0.2, 0.25) is 5.89 Å². The number of aliphatic imine (C=N–C) groups is 1. The van der Waals surface area contributed by atoms with Crippen LogP contribution in [0.15, 0.2) is 82.5 Å². The monoisotopic (exact) mass is 527 g/mol. The Morgan fingerprint density at radius 1 is 1.00 bits per heavy atom. The van der Waals surface area contributed by atoms with Crippen LogP contribution >= 0.6 is 24.0 Å². The predicted octanol–water partition coefficient (Wildman–Crippen LogP) is 4.81. The number of hydrogen-bond donors (Lipinski definition) is 2. The van der Waals surface area contributed by atoms with E-state index in [2.05, 4.69) is 56.8 Å². The van der Waals surface area contributed by atoms with Crippen LogP contribution in [-0.4, -0.2) is 29.0 Å². The molecule has 0 aliphatic heterocycles. The van der Waals surface area contributed by atoms with Crippen molar-refractivity contribution in [1.29, 1.82) is 0 Å². The van der Waals surface area contributed by atoms with Gasteiger partial charge in [-0.25, -0.2) is 9.98 Å². The Morgan fingerprint density at radius 2 is 1.84 bits per heavy atom. The third-order valence-electron chi connectivity index (χ3n) is 4.72. The number of fused-ring (bicyclic) bond motifs is 1. The Bertz CT molecular complexity index is 1120. The number of hydrogen-bond acceptors (Lipinski definition) is 4. The number of nitrogens with one attached hydrogen (secondary N) is 2. The summed E-state index contributed by atoms with van der Waals surface area (Å²) in [4.78, 5) is 13.7. The molecule has 4 aromatic rings. The predicted molar refractivity (Wildman–Crippen MR) is 136 cm³/mol. The number of nitrogens with zero attached hydrogens (tertiary/aromatic N) is 3. The third-order valence-corrected chi connectivity index (χ3v) is 4.72. The second-order valence-corrected chi connectivity index (χ2v) is 6.87. The molecule has 0 atom stereocenters. The highest BCUT2D eigenvalue weighted by atomic mass is 127. The van der Waals surface area contributed by atoms with E-state index in [4.69, 9.17) is 4.42 Å². The molecule has 0 amide bonds. The summed E-state index contributed by atoms with van der Waals surface area (Å²) in [5, 5.41) is 7.84. The molecule has 0 fully saturated rings. The number of halogens is 1. The van der Waals surface area contributed by atoms with Gasteiger partial charge in [0.05, 0.1) is 12.1 Å². The maximum absolute atomic E-state index is 5.59. The molecule has 2 N–H and O–H groups in total. The minimum atomic E-state index is 0. The lowest BCUT2D eigenvalue weighted by Gasteiger charge is -2.11. The summed E-state index contributed by atoms with van der Waals surface area (Å²) < 4.78 is 5.59. The molecule has 0 saturated heterocycles. The lowest BCUT2D eigenvalue weighted by atomic mass is 10.1. The van der Waals surface area contributed by atoms with Crippen molar-refractivity contribution in [2.75, 3.05) is 13.1 Å². The van der Waals surface area contributed by atoms with Gasteiger partial charge < -0.3 is 15.1 Å². The zero-order chi connectivity index (χ0) is 20.6. The van der Waals surface area contributed by atoms with E-state index in [9.17, 15) is 0 Å². The number of aromatic nitrogens is 2. The Kier molecular flexibility index (Phi) is 8.40. The van der Waals surface area contributed by atoms with Gasteiger partial charge in [0.25, 0.3) is 0 Å². The molecule has 0 radical (unpaired) electrons. The molecule has 31 heavy (non-hydrogen) atoms. The Labute approximate surface area is 199 Å². The zero-order valence-electron chi connectivity index (χ0n) is 17.4. The van der Waals surface area contributed by atoms with Crippen LogP contribution in [0.3, 0.4) is 0 Å². The molecule has 0 aliphatic rings. The van der Waals surface area contributed by atoms with E-state index >= 15 is 0 Å². The second kappa shape index (κ2) is 11.5. The first-order valence-electron chi connectivity index (χ1n) is 10.2. The number of oxazole rings is 1. The summed E-state index contributed by atoms with van der Waals surface area (Å²) in [6.45, 7) is 4.04. The quantitative estimate of drug-likeness (QED) is 0.205. The number of rotatable bonds is 7. The lowest BCUT2D eigenvalue weighted by molar-refractivity contribution is 0.572. The van der Waals surface area contributed by atoms with Gasteiger partial charge in [-0.3, -0.25) is 4.98 Å². The molecule has 7 heteroatoms. The molecule has 2 heterocycles. The number of para-hydroxylation sites is 1. The summed E-state index contributed by atoms with van der Waals surface area (Å²) in [6.07, 6.45) is 4.37. The van der Waals surface area contributed by atoms with E-state index in [1.165, 1.54) is 5.56 Å². The topological polar surface area (TPSA) is 75.3 Å². The van der Waals surface area contributed by atoms with Crippen LogP contribution in [0.25, 0.3) is 22.4 Å². The fourth-order valence-corrected chi connectivity index (χ4v) is 3.28. The summed E-state index contributed by atoms with van der Waals surface area (Å²) in [6, 6.07) is 20.2. The molecule has 4 rings (SSSR count). The zero-order valence-corrected chi connectivity index (χ0v) is 19.7. The number of benzene rings is 2. The van der Waals surface area contributed by atoms with Crippen LogP contribution in [0, 0.1) is 0 Å². The molecule has 0 saturated carbocycles. The molecule has 0 aliphatic carbocycles. The maximum atomic E-state index is 5.59. The van der Waals surface area contributed by atoms with Crippen LogP contribution in [0.4, 0.5) is 0 Å². The molecule has 2 aromatic carbocycles. The van der Waals surface area contributed by atoms with Crippen molar-refractivity contribution in [3.63, 3.8) is 0 Å². The molecule has 2 aromatic heterocycles. The summed E-state index contributed by atoms with van der Waals surface area (Å²) in [5.74, 6) is 1.37. The van der Waals surface area contributed by atoms with Gasteiger partial charge in [0.15, 0.2) is 5.96 Å². The first kappa shape index (κ1) is 22.7. The molecule has 6 nitrogen and oxygen atoms in total. The highest BCUT2D eigenvalue weighted by molar-refractivity contribution is 14.0. The first-order chi connectivity index (χ1) is 14.8. The fourth-order valence-electron chi connectivity index (χ4n) is 3.28. The van der Waals surface area contributed by atoms with Crippen LogP contribution in [-0.2, 0) is 13.0 Å². The van der Waals surface area contributed by atoms with E-state index in [0.717, 1.165) is 47.6 Å². The van der Waals surface area contributed by atoms with Crippen molar-refractivity contribution in [2.45, 2.75) is 19.9 Å². The van der Waals surface area contributed by atoms with Crippen LogP contribution in [0.1, 0.15) is 18.2 Å². The second-order valence-electron chi connectivity index (χ2n) is 6.87. The van der Waals surface area contributed by atoms with Crippen molar-refractivity contribution in [1.82, 2.24) is 20.6 Å². The highest BCUT2D eigenvalue weighted by Crippen LogP contribution is 2.18. The standard InChI is InChI=1S/C24H25N5O.HI/c1-2-25-24(27-15-13-19-11-6-10-18-12-7-14-26-22(18)19)28-16-21-17-30-23(29-21)20-8-4-3-5-9-20;/h3-12,14,17H,2,13,15-16H2,1H3,(H2,25,27,28);1H. The van der Waals surface area contributed by atoms with Crippen molar-refractivity contribution in [2.24, 2.45) is 4.99 Å². The van der Waals surface area contributed by atoms with E-state index in [1.807, 2.05) is 42.6 Å². The Morgan fingerprint density at radius 3 is 2.68 bits per heavy atom. The van der Waals surface area contributed by atoms with Crippen molar-refractivity contribution < 1.29 is 4.42 Å². The van der Waals surface area contributed by atoms with E-state index in [1.54, 1.807) is 6.26 Å². The smallest absolute Gasteiger partial charge is 0.226 e. The molecule has 160 valence electrons. The molecular weight excluding hydrogens is 501 g/mol. The highest BCUT2D eigenvalue weighted by Gasteiger charge is 2.07. The summed E-state index contributed by atoms with van der Waals surface area (Å²) in [7, 11) is 0. The lowest BCUT2D eigenvalue weighted by Crippen LogP contribution is -2.38. The average Bonchev–Trinajstić information content (AvgIpc) is 3.27. The van der Waals surface area contributed by atoms with E-state index in [0.29, 0.717) is 12.4 Å². The minimum Gasteiger partial charge on any atom is -0.444 e. The van der Waals surface area contributed by atoms with Crippen molar-refractivity contribution in [3.8, 4) is 11.5 Å². The largest absolute Gasteiger partial charge is 0.444 e. The van der Waals surface area contributed by atoms with Gasteiger partial charge in [0.1, 0.15) is 12.0 Å². The van der Waals surface area contributed by atoms with Gasteiger partial charge >= 0.3 is 0 Å². The summed E-state index contributed by atoms with van der Waals surface area (Å²) in [5.41, 5.74) is 4.03. The van der Waals surface area contributed by atoms with E-state index < -0.39 is 0 Å². The van der Waals surface area contributed by atoms with Gasteiger partial charge in [-0.2, -0.15) is 0 Å². The van der Waals surface area contributed by atoms with Crippen molar-refractivity contribution in [3.05, 3.63) is 84.4 Å². The SMILES string of the molecule is CCNC(=NCc1coc(-c2ccccc2)n1)NCCc1cccc2cccnc12.I. The van der Waals surface area contributed by atoms with Crippen LogP contribution in [0.5, 0.6) is 0 Å². The van der Waals surface area contributed by atoms with Crippen molar-refractivity contribution >= 4 is 40.8 Å². The average molecular weight is 527 g/mol. The van der Waals surface area contributed by atoms with Gasteiger partial charge in [-0.05, 0) is 37.1 Å². The Hall–Kier alpha value is -2.94. The molecule has 0 bridgehead atoms. The van der Waals surface area contributed by atoms with E-state index in [-0.39, 0.29) is 24.0 Å². The molecular formula is C24H26IN5O. The van der Waals surface area contributed by atoms with Gasteiger partial charge in [-0.15, -0.1) is 24.0 Å². The fraction of sp³-hybridized carbons (Fsp3) is 0.208. The summed E-state index contributed by atoms with van der Waals surface area (Å²) >= 11 is 0. The van der Waals surface area contributed by atoms with Crippen LogP contribution < -0.4 is 10.6 Å². The first-order valence-corrected chi connectivity index (χ1v) is 10.2. The maximum Gasteiger partial charge on any atom is 0.226 e. The number of pyridine rings is 1. The molecule has 0 unspecified atom stereocenters. The number of guanidine groups is 1. The normalized spacial score (nSPS) is 11.2. The van der Waals surface area contributed by atoms with Gasteiger partial charge in [-0.1, -0.05) is 42.5 Å². The minimum absolute atomic E-state index is 0.